The first-order chi connectivity index (χ1) is 17.9. The quantitative estimate of drug-likeness (QED) is 0.0625. The Balaban J connectivity index is 4.39. The summed E-state index contributed by atoms with van der Waals surface area (Å²) in [5.41, 5.74) is 5.32. The molecule has 3 atom stereocenters. The Labute approximate surface area is 227 Å². The molecule has 9 heteroatoms. The van der Waals surface area contributed by atoms with Gasteiger partial charge in [0.2, 0.25) is 5.91 Å². The average Bonchev–Trinajstić information content (AvgIpc) is 2.87. The molecule has 0 aromatic carbocycles. The third kappa shape index (κ3) is 24.3. The number of aliphatic hydroxyl groups is 1. The second-order valence-electron chi connectivity index (χ2n) is 10.3. The molecule has 222 valence electrons. The van der Waals surface area contributed by atoms with E-state index in [-0.39, 0.29) is 25.7 Å². The van der Waals surface area contributed by atoms with Gasteiger partial charge in [0.25, 0.3) is 0 Å². The monoisotopic (exact) mass is 550 g/mol. The van der Waals surface area contributed by atoms with Crippen molar-refractivity contribution in [3.63, 3.8) is 0 Å². The Morgan fingerprint density at radius 3 is 1.73 bits per heavy atom. The molecule has 0 fully saturated rings. The van der Waals surface area contributed by atoms with Crippen LogP contribution in [0.3, 0.4) is 0 Å². The zero-order valence-electron chi connectivity index (χ0n) is 24.0. The van der Waals surface area contributed by atoms with E-state index >= 15 is 0 Å². The third-order valence-electron chi connectivity index (χ3n) is 6.71. The molecule has 0 rings (SSSR count). The van der Waals surface area contributed by atoms with Crippen molar-refractivity contribution in [3.8, 4) is 0 Å². The summed E-state index contributed by atoms with van der Waals surface area (Å²) in [5.74, 6) is -0.168. The highest BCUT2D eigenvalue weighted by atomic mass is 31.2. The van der Waals surface area contributed by atoms with Gasteiger partial charge in [0.05, 0.1) is 25.4 Å². The smallest absolute Gasteiger partial charge is 0.391 e. The summed E-state index contributed by atoms with van der Waals surface area (Å²) in [6.07, 6.45) is 21.1. The molecule has 37 heavy (non-hydrogen) atoms. The fourth-order valence-electron chi connectivity index (χ4n) is 4.37. The van der Waals surface area contributed by atoms with Gasteiger partial charge in [-0.05, 0) is 12.8 Å². The molecule has 5 N–H and O–H groups in total. The van der Waals surface area contributed by atoms with Crippen LogP contribution in [0.2, 0.25) is 0 Å². The maximum absolute atomic E-state index is 12.5. The Hall–Kier alpha value is -0.500. The molecule has 0 aromatic heterocycles. The van der Waals surface area contributed by atoms with E-state index in [2.05, 4.69) is 19.2 Å². The number of carbonyl (C=O) groups excluding carboxylic acids is 1. The number of nitrogens with two attached hydrogens (primary N) is 1. The van der Waals surface area contributed by atoms with Crippen molar-refractivity contribution in [2.75, 3.05) is 19.8 Å². The van der Waals surface area contributed by atoms with Crippen molar-refractivity contribution in [1.82, 2.24) is 5.32 Å². The minimum absolute atomic E-state index is 0.0913. The summed E-state index contributed by atoms with van der Waals surface area (Å²) in [6.45, 7) is 4.13. The number of nitrogens with one attached hydrogen (secondary N) is 1. The second-order valence-corrected chi connectivity index (χ2v) is 11.8. The highest BCUT2D eigenvalue weighted by Gasteiger charge is 2.27. The van der Waals surface area contributed by atoms with Crippen LogP contribution in [0.1, 0.15) is 142 Å². The van der Waals surface area contributed by atoms with Crippen molar-refractivity contribution < 1.29 is 28.4 Å². The summed E-state index contributed by atoms with van der Waals surface area (Å²) < 4.78 is 21.9. The molecule has 0 spiro atoms. The number of unbranched alkanes of at least 4 members (excludes halogenated alkanes) is 16. The van der Waals surface area contributed by atoms with Crippen molar-refractivity contribution >= 4 is 13.7 Å². The van der Waals surface area contributed by atoms with E-state index in [1.807, 2.05) is 0 Å². The molecule has 0 heterocycles. The largest absolute Gasteiger partial charge is 0.472 e. The summed E-state index contributed by atoms with van der Waals surface area (Å²) in [6, 6.07) is -0.762. The first-order valence-electron chi connectivity index (χ1n) is 15.2. The maximum atomic E-state index is 12.5. The molecule has 0 aliphatic carbocycles. The zero-order valence-corrected chi connectivity index (χ0v) is 24.9. The van der Waals surface area contributed by atoms with Gasteiger partial charge >= 0.3 is 7.82 Å². The lowest BCUT2D eigenvalue weighted by Crippen LogP contribution is -2.46. The topological polar surface area (TPSA) is 131 Å². The number of rotatable bonds is 28. The normalized spacial score (nSPS) is 14.8. The molecule has 1 unspecified atom stereocenters. The van der Waals surface area contributed by atoms with Crippen LogP contribution in [0.5, 0.6) is 0 Å². The van der Waals surface area contributed by atoms with Gasteiger partial charge in [-0.1, -0.05) is 123 Å². The van der Waals surface area contributed by atoms with Gasteiger partial charge in [0, 0.05) is 13.0 Å². The Morgan fingerprint density at radius 2 is 1.24 bits per heavy atom. The van der Waals surface area contributed by atoms with Gasteiger partial charge in [0.1, 0.15) is 0 Å². The van der Waals surface area contributed by atoms with E-state index in [1.165, 1.54) is 77.0 Å². The van der Waals surface area contributed by atoms with Crippen molar-refractivity contribution in [3.05, 3.63) is 0 Å². The van der Waals surface area contributed by atoms with E-state index in [9.17, 15) is 19.4 Å². The lowest BCUT2D eigenvalue weighted by Gasteiger charge is -2.25. The van der Waals surface area contributed by atoms with E-state index in [0.29, 0.717) is 12.8 Å². The van der Waals surface area contributed by atoms with Gasteiger partial charge in [0.15, 0.2) is 0 Å². The molecule has 0 radical (unpaired) electrons. The number of carbonyl (C=O) groups is 1. The first kappa shape index (κ1) is 36.5. The molecule has 0 bridgehead atoms. The summed E-state index contributed by atoms with van der Waals surface area (Å²) >= 11 is 0. The van der Waals surface area contributed by atoms with Gasteiger partial charge in [-0.2, -0.15) is 0 Å². The van der Waals surface area contributed by atoms with Crippen LogP contribution in [0, 0.1) is 0 Å². The van der Waals surface area contributed by atoms with E-state index in [0.717, 1.165) is 38.5 Å². The minimum Gasteiger partial charge on any atom is -0.391 e. The van der Waals surface area contributed by atoms with Gasteiger partial charge in [-0.25, -0.2) is 4.57 Å². The molecule has 1 amide bonds. The van der Waals surface area contributed by atoms with Crippen LogP contribution in [0.25, 0.3) is 0 Å². The second kappa shape index (κ2) is 25.8. The third-order valence-corrected chi connectivity index (χ3v) is 7.70. The van der Waals surface area contributed by atoms with Crippen LogP contribution in [-0.2, 0) is 18.4 Å². The predicted molar refractivity (Wildman–Crippen MR) is 152 cm³/mol. The average molecular weight is 551 g/mol. The van der Waals surface area contributed by atoms with Gasteiger partial charge in [-0.15, -0.1) is 0 Å². The number of hydrogen-bond acceptors (Lipinski definition) is 6. The molecule has 0 aliphatic heterocycles. The Morgan fingerprint density at radius 1 is 0.784 bits per heavy atom. The molecule has 0 saturated heterocycles. The number of aliphatic hydroxyl groups excluding tert-OH is 1. The standard InChI is InChI=1S/C28H59N2O6P/c1-3-5-7-9-11-13-15-17-19-21-27(31)26(25-36-37(33,34)35-24-23-29)30-28(32)22-20-18-16-14-12-10-8-6-4-2/h26-27,31H,3-25,29H2,1-2H3,(H,30,32)(H,33,34)/t26-,27+/m0/s1. The lowest BCUT2D eigenvalue weighted by atomic mass is 10.0. The van der Waals surface area contributed by atoms with Crippen LogP contribution in [0.4, 0.5) is 0 Å². The van der Waals surface area contributed by atoms with Crippen LogP contribution >= 0.6 is 7.82 Å². The van der Waals surface area contributed by atoms with Gasteiger partial charge in [-0.3, -0.25) is 13.8 Å². The molecule has 0 aliphatic rings. The fourth-order valence-corrected chi connectivity index (χ4v) is 5.13. The highest BCUT2D eigenvalue weighted by molar-refractivity contribution is 7.47. The Bertz CT molecular complexity index is 567. The van der Waals surface area contributed by atoms with E-state index in [1.54, 1.807) is 0 Å². The number of phosphoric acid groups is 1. The number of phosphoric ester groups is 1. The van der Waals surface area contributed by atoms with Crippen LogP contribution in [-0.4, -0.2) is 47.8 Å². The molecule has 0 saturated carbocycles. The van der Waals surface area contributed by atoms with Gasteiger partial charge < -0.3 is 21.1 Å². The van der Waals surface area contributed by atoms with Crippen molar-refractivity contribution in [2.24, 2.45) is 5.73 Å². The predicted octanol–water partition coefficient (Wildman–Crippen LogP) is 6.77. The maximum Gasteiger partial charge on any atom is 0.472 e. The van der Waals surface area contributed by atoms with E-state index < -0.39 is 20.0 Å². The SMILES string of the molecule is CCCCCCCCCCCC(=O)N[C@@H](COP(=O)(O)OCCN)[C@H](O)CCCCCCCCCCC. The number of hydrogen-bond donors (Lipinski definition) is 4. The van der Waals surface area contributed by atoms with Crippen LogP contribution < -0.4 is 11.1 Å². The van der Waals surface area contributed by atoms with E-state index in [4.69, 9.17) is 14.8 Å². The minimum atomic E-state index is -4.29. The van der Waals surface area contributed by atoms with Crippen LogP contribution in [0.15, 0.2) is 0 Å². The Kier molecular flexibility index (Phi) is 25.4. The summed E-state index contributed by atoms with van der Waals surface area (Å²) in [5, 5.41) is 13.6. The molecule has 8 nitrogen and oxygen atoms in total. The zero-order chi connectivity index (χ0) is 27.6. The first-order valence-corrected chi connectivity index (χ1v) is 16.6. The summed E-state index contributed by atoms with van der Waals surface area (Å²) in [7, 11) is -4.29. The summed E-state index contributed by atoms with van der Waals surface area (Å²) in [4.78, 5) is 22.3. The van der Waals surface area contributed by atoms with Crippen molar-refractivity contribution in [2.45, 2.75) is 154 Å². The van der Waals surface area contributed by atoms with Crippen molar-refractivity contribution in [1.29, 1.82) is 0 Å². The highest BCUT2D eigenvalue weighted by Crippen LogP contribution is 2.43. The number of amides is 1. The molecular formula is C28H59N2O6P. The lowest BCUT2D eigenvalue weighted by molar-refractivity contribution is -0.123. The molecular weight excluding hydrogens is 491 g/mol. The fraction of sp³-hybridized carbons (Fsp3) is 0.964. The molecule has 0 aromatic rings.